The normalized spacial score (nSPS) is 12.3. The van der Waals surface area contributed by atoms with E-state index >= 15 is 0 Å². The van der Waals surface area contributed by atoms with Crippen molar-refractivity contribution < 1.29 is 32.6 Å². The molecular formula is C30H24Cl2F4O3. The molecule has 2 unspecified atom stereocenters. The number of hydrogen-bond donors (Lipinski definition) is 2. The Morgan fingerprint density at radius 3 is 1.33 bits per heavy atom. The van der Waals surface area contributed by atoms with Gasteiger partial charge in [-0.2, -0.15) is 0 Å². The molecule has 0 aliphatic heterocycles. The monoisotopic (exact) mass is 578 g/mol. The number of hydrogen-bond acceptors (Lipinski definition) is 3. The number of rotatable bonds is 8. The number of ketones is 1. The third-order valence-electron chi connectivity index (χ3n) is 6.07. The van der Waals surface area contributed by atoms with E-state index in [1.54, 1.807) is 12.1 Å². The van der Waals surface area contributed by atoms with Crippen LogP contribution in [0, 0.1) is 23.3 Å². The van der Waals surface area contributed by atoms with Gasteiger partial charge in [0.2, 0.25) is 0 Å². The van der Waals surface area contributed by atoms with Crippen molar-refractivity contribution in [3.8, 4) is 11.5 Å². The predicted molar refractivity (Wildman–Crippen MR) is 143 cm³/mol. The minimum atomic E-state index is -1.19. The average Bonchev–Trinajstić information content (AvgIpc) is 2.89. The lowest BCUT2D eigenvalue weighted by Gasteiger charge is -2.25. The van der Waals surface area contributed by atoms with Gasteiger partial charge in [-0.1, -0.05) is 24.3 Å². The summed E-state index contributed by atoms with van der Waals surface area (Å²) in [7, 11) is 0. The molecule has 2 N–H and O–H groups in total. The first-order chi connectivity index (χ1) is 18.6. The molecule has 3 nitrogen and oxygen atoms in total. The molecule has 204 valence electrons. The first-order valence-corrected chi connectivity index (χ1v) is 12.8. The van der Waals surface area contributed by atoms with Crippen molar-refractivity contribution >= 4 is 29.0 Å². The third kappa shape index (κ3) is 8.22. The van der Waals surface area contributed by atoms with E-state index in [0.29, 0.717) is 11.1 Å². The van der Waals surface area contributed by atoms with Crippen molar-refractivity contribution in [2.24, 2.45) is 0 Å². The summed E-state index contributed by atoms with van der Waals surface area (Å²) in [4.78, 5) is 14.1. The zero-order valence-corrected chi connectivity index (χ0v) is 21.9. The SMILES string of the molecule is ClCCl.O=C(C(Cc1cccc(F)c1)c1cc(F)ccc1O)C(Cc1cccc(F)c1)c1cc(F)ccc1O. The smallest absolute Gasteiger partial charge is 0.148 e. The summed E-state index contributed by atoms with van der Waals surface area (Å²) in [5.41, 5.74) is 0.740. The van der Waals surface area contributed by atoms with E-state index in [1.165, 1.54) is 36.4 Å². The number of phenols is 2. The molecule has 0 spiro atoms. The molecule has 0 saturated heterocycles. The molecule has 9 heteroatoms. The van der Waals surface area contributed by atoms with Gasteiger partial charge < -0.3 is 10.2 Å². The minimum absolute atomic E-state index is 0.0376. The van der Waals surface area contributed by atoms with Gasteiger partial charge in [0.15, 0.2) is 0 Å². The summed E-state index contributed by atoms with van der Waals surface area (Å²) in [5, 5.41) is 21.2. The van der Waals surface area contributed by atoms with Gasteiger partial charge in [0.05, 0.1) is 17.2 Å². The van der Waals surface area contributed by atoms with Gasteiger partial charge in [-0.05, 0) is 84.6 Å². The molecule has 0 fully saturated rings. The van der Waals surface area contributed by atoms with Gasteiger partial charge in [-0.25, -0.2) is 17.6 Å². The third-order valence-corrected chi connectivity index (χ3v) is 6.07. The summed E-state index contributed by atoms with van der Waals surface area (Å²) in [6.07, 6.45) is -0.216. The molecule has 2 atom stereocenters. The molecule has 0 amide bonds. The van der Waals surface area contributed by atoms with Gasteiger partial charge in [0, 0.05) is 11.1 Å². The van der Waals surface area contributed by atoms with Crippen LogP contribution >= 0.6 is 23.2 Å². The Bertz CT molecular complexity index is 1330. The minimum Gasteiger partial charge on any atom is -0.508 e. The Balaban J connectivity index is 0.00000134. The van der Waals surface area contributed by atoms with Crippen LogP contribution in [0.4, 0.5) is 17.6 Å². The van der Waals surface area contributed by atoms with E-state index < -0.39 is 40.9 Å². The largest absolute Gasteiger partial charge is 0.508 e. The van der Waals surface area contributed by atoms with E-state index in [0.717, 1.165) is 36.4 Å². The van der Waals surface area contributed by atoms with Crippen LogP contribution in [0.15, 0.2) is 84.9 Å². The molecule has 0 heterocycles. The van der Waals surface area contributed by atoms with E-state index in [1.807, 2.05) is 0 Å². The lowest BCUT2D eigenvalue weighted by molar-refractivity contribution is -0.122. The fourth-order valence-corrected chi connectivity index (χ4v) is 4.38. The number of alkyl halides is 2. The number of halogens is 6. The highest BCUT2D eigenvalue weighted by atomic mass is 35.5. The van der Waals surface area contributed by atoms with Crippen LogP contribution in [0.2, 0.25) is 0 Å². The average molecular weight is 579 g/mol. The second-order valence-corrected chi connectivity index (χ2v) is 9.49. The van der Waals surface area contributed by atoms with Crippen molar-refractivity contribution in [1.29, 1.82) is 0 Å². The zero-order valence-electron chi connectivity index (χ0n) is 20.4. The van der Waals surface area contributed by atoms with Crippen molar-refractivity contribution in [2.75, 3.05) is 5.34 Å². The van der Waals surface area contributed by atoms with Crippen LogP contribution in [0.3, 0.4) is 0 Å². The van der Waals surface area contributed by atoms with E-state index in [4.69, 9.17) is 23.2 Å². The van der Waals surface area contributed by atoms with Crippen molar-refractivity contribution in [1.82, 2.24) is 0 Å². The lowest BCUT2D eigenvalue weighted by Crippen LogP contribution is -2.25. The van der Waals surface area contributed by atoms with Gasteiger partial charge >= 0.3 is 0 Å². The van der Waals surface area contributed by atoms with Crippen LogP contribution in [-0.2, 0) is 17.6 Å². The summed E-state index contributed by atoms with van der Waals surface area (Å²) in [6, 6.07) is 17.3. The Hall–Kier alpha value is -3.55. The van der Waals surface area contributed by atoms with Crippen molar-refractivity contribution in [2.45, 2.75) is 24.7 Å². The van der Waals surface area contributed by atoms with Crippen LogP contribution in [0.1, 0.15) is 34.1 Å². The molecule has 0 bridgehead atoms. The highest BCUT2D eigenvalue weighted by Crippen LogP contribution is 2.38. The predicted octanol–water partition coefficient (Wildman–Crippen LogP) is 8.00. The van der Waals surface area contributed by atoms with Gasteiger partial charge in [0.25, 0.3) is 0 Å². The number of Topliss-reactive ketones (excluding diaryl/α,β-unsaturated/α-hetero) is 1. The number of carbonyl (C=O) groups is 1. The highest BCUT2D eigenvalue weighted by Gasteiger charge is 2.33. The first-order valence-electron chi connectivity index (χ1n) is 11.7. The van der Waals surface area contributed by atoms with Crippen LogP contribution in [0.25, 0.3) is 0 Å². The van der Waals surface area contributed by atoms with Crippen molar-refractivity contribution in [3.05, 3.63) is 130 Å². The fraction of sp³-hybridized carbons (Fsp3) is 0.167. The van der Waals surface area contributed by atoms with E-state index in [9.17, 15) is 32.6 Å². The Morgan fingerprint density at radius 1 is 0.615 bits per heavy atom. The topological polar surface area (TPSA) is 57.5 Å². The summed E-state index contributed by atoms with van der Waals surface area (Å²) < 4.78 is 56.2. The second kappa shape index (κ2) is 14.0. The summed E-state index contributed by atoms with van der Waals surface area (Å²) in [6.45, 7) is 0. The Kier molecular flexibility index (Phi) is 10.8. The van der Waals surface area contributed by atoms with Crippen LogP contribution in [-0.4, -0.2) is 21.3 Å². The molecule has 0 radical (unpaired) electrons. The Morgan fingerprint density at radius 2 is 0.974 bits per heavy atom. The maximum atomic E-state index is 14.2. The first kappa shape index (κ1) is 30.0. The maximum absolute atomic E-state index is 14.2. The van der Waals surface area contributed by atoms with Gasteiger partial charge in [-0.15, -0.1) is 23.2 Å². The fourth-order valence-electron chi connectivity index (χ4n) is 4.38. The molecule has 4 aromatic rings. The molecule has 4 rings (SSSR count). The van der Waals surface area contributed by atoms with Gasteiger partial charge in [-0.3, -0.25) is 4.79 Å². The van der Waals surface area contributed by atoms with Crippen LogP contribution < -0.4 is 0 Å². The standard InChI is InChI=1S/C29H22F4O3.CH2Cl2/c30-19-5-1-3-17(11-19)13-25(23-15-21(32)7-9-27(23)34)29(36)26(14-18-4-2-6-20(31)12-18)24-16-22(33)8-10-28(24)35;2-1-3/h1-12,15-16,25-26,34-35H,13-14H2;1H2. The molecule has 0 aliphatic carbocycles. The number of benzene rings is 4. The molecule has 0 saturated carbocycles. The summed E-state index contributed by atoms with van der Waals surface area (Å²) in [5.74, 6) is -6.15. The Labute approximate surface area is 233 Å². The quantitative estimate of drug-likeness (QED) is 0.164. The summed E-state index contributed by atoms with van der Waals surface area (Å²) >= 11 is 9.53. The number of aromatic hydroxyl groups is 2. The number of carbonyl (C=O) groups excluding carboxylic acids is 1. The molecule has 4 aromatic carbocycles. The lowest BCUT2D eigenvalue weighted by atomic mass is 9.77. The van der Waals surface area contributed by atoms with Crippen LogP contribution in [0.5, 0.6) is 11.5 Å². The maximum Gasteiger partial charge on any atom is 0.148 e. The van der Waals surface area contributed by atoms with E-state index in [2.05, 4.69) is 0 Å². The second-order valence-electron chi connectivity index (χ2n) is 8.68. The molecule has 0 aromatic heterocycles. The highest BCUT2D eigenvalue weighted by molar-refractivity contribution is 6.40. The number of phenolic OH excluding ortho intramolecular Hbond substituents is 2. The van der Waals surface area contributed by atoms with Crippen molar-refractivity contribution in [3.63, 3.8) is 0 Å². The van der Waals surface area contributed by atoms with E-state index in [-0.39, 0.29) is 40.8 Å². The molecule has 39 heavy (non-hydrogen) atoms. The molecular weight excluding hydrogens is 555 g/mol. The van der Waals surface area contributed by atoms with Gasteiger partial charge in [0.1, 0.15) is 40.6 Å². The molecule has 0 aliphatic rings. The zero-order chi connectivity index (χ0) is 28.5.